The number of carbonyl (C=O) groups excluding carboxylic acids is 1. The monoisotopic (exact) mass is 294 g/mol. The Morgan fingerprint density at radius 3 is 2.71 bits per heavy atom. The van der Waals surface area contributed by atoms with Crippen LogP contribution in [0.2, 0.25) is 0 Å². The summed E-state index contributed by atoms with van der Waals surface area (Å²) in [7, 11) is 1.30. The summed E-state index contributed by atoms with van der Waals surface area (Å²) in [6.07, 6.45) is 2.98. The number of ether oxygens (including phenoxy) is 2. The maximum absolute atomic E-state index is 12.5. The van der Waals surface area contributed by atoms with Crippen molar-refractivity contribution in [1.29, 1.82) is 0 Å². The largest absolute Gasteiger partial charge is 0.493 e. The zero-order valence-corrected chi connectivity index (χ0v) is 11.0. The van der Waals surface area contributed by atoms with Crippen LogP contribution in [0.4, 0.5) is 14.5 Å². The third-order valence-corrected chi connectivity index (χ3v) is 2.57. The van der Waals surface area contributed by atoms with Crippen molar-refractivity contribution in [2.75, 3.05) is 12.4 Å². The Morgan fingerprint density at radius 2 is 2.10 bits per heavy atom. The van der Waals surface area contributed by atoms with Crippen molar-refractivity contribution in [2.45, 2.75) is 6.61 Å². The number of hydrogen-bond acceptors (Lipinski definition) is 4. The normalized spacial score (nSPS) is 10.3. The first-order chi connectivity index (χ1) is 10.1. The molecule has 1 aromatic heterocycles. The Hall–Kier alpha value is -2.70. The van der Waals surface area contributed by atoms with Crippen LogP contribution >= 0.6 is 0 Å². The summed E-state index contributed by atoms with van der Waals surface area (Å²) in [6.45, 7) is -3.06. The van der Waals surface area contributed by atoms with Gasteiger partial charge in [-0.25, -0.2) is 0 Å². The SMILES string of the molecule is COc1cccc(C(=O)Nc2cccnc2)c1OC(F)F. The molecule has 0 fully saturated rings. The van der Waals surface area contributed by atoms with Crippen molar-refractivity contribution in [3.05, 3.63) is 48.3 Å². The summed E-state index contributed by atoms with van der Waals surface area (Å²) >= 11 is 0. The van der Waals surface area contributed by atoms with Gasteiger partial charge in [-0.2, -0.15) is 8.78 Å². The van der Waals surface area contributed by atoms with Gasteiger partial charge in [-0.3, -0.25) is 9.78 Å². The quantitative estimate of drug-likeness (QED) is 0.921. The van der Waals surface area contributed by atoms with Gasteiger partial charge in [0.15, 0.2) is 11.5 Å². The van der Waals surface area contributed by atoms with Gasteiger partial charge < -0.3 is 14.8 Å². The minimum Gasteiger partial charge on any atom is -0.493 e. The van der Waals surface area contributed by atoms with Crippen LogP contribution in [-0.4, -0.2) is 24.6 Å². The van der Waals surface area contributed by atoms with Gasteiger partial charge in [0.25, 0.3) is 5.91 Å². The molecule has 2 rings (SSSR count). The van der Waals surface area contributed by atoms with E-state index in [1.165, 1.54) is 31.5 Å². The predicted octanol–water partition coefficient (Wildman–Crippen LogP) is 2.94. The smallest absolute Gasteiger partial charge is 0.387 e. The fraction of sp³-hybridized carbons (Fsp3) is 0.143. The number of rotatable bonds is 5. The fourth-order valence-corrected chi connectivity index (χ4v) is 1.70. The van der Waals surface area contributed by atoms with E-state index < -0.39 is 12.5 Å². The van der Waals surface area contributed by atoms with Gasteiger partial charge in [-0.1, -0.05) is 6.07 Å². The molecule has 0 radical (unpaired) electrons. The van der Waals surface area contributed by atoms with Crippen molar-refractivity contribution in [3.63, 3.8) is 0 Å². The van der Waals surface area contributed by atoms with Crippen LogP contribution in [0.1, 0.15) is 10.4 Å². The number of benzene rings is 1. The lowest BCUT2D eigenvalue weighted by molar-refractivity contribution is -0.0515. The number of anilines is 1. The lowest BCUT2D eigenvalue weighted by Crippen LogP contribution is -2.15. The van der Waals surface area contributed by atoms with Crippen LogP contribution in [0.15, 0.2) is 42.7 Å². The molecule has 1 heterocycles. The van der Waals surface area contributed by atoms with Gasteiger partial charge >= 0.3 is 6.61 Å². The highest BCUT2D eigenvalue weighted by Gasteiger charge is 2.20. The lowest BCUT2D eigenvalue weighted by Gasteiger charge is -2.14. The van der Waals surface area contributed by atoms with E-state index >= 15 is 0 Å². The van der Waals surface area contributed by atoms with Crippen LogP contribution in [0.5, 0.6) is 11.5 Å². The summed E-state index contributed by atoms with van der Waals surface area (Å²) in [5, 5.41) is 2.54. The van der Waals surface area contributed by atoms with Crippen LogP contribution in [-0.2, 0) is 0 Å². The Kier molecular flexibility index (Phi) is 4.65. The van der Waals surface area contributed by atoms with Crippen LogP contribution < -0.4 is 14.8 Å². The minimum atomic E-state index is -3.06. The molecule has 0 unspecified atom stereocenters. The van der Waals surface area contributed by atoms with Crippen molar-refractivity contribution in [2.24, 2.45) is 0 Å². The summed E-state index contributed by atoms with van der Waals surface area (Å²) in [4.78, 5) is 16.0. The number of aromatic nitrogens is 1. The van der Waals surface area contributed by atoms with Gasteiger partial charge in [0.05, 0.1) is 24.6 Å². The number of para-hydroxylation sites is 1. The third-order valence-electron chi connectivity index (χ3n) is 2.57. The Morgan fingerprint density at radius 1 is 1.29 bits per heavy atom. The molecule has 0 saturated carbocycles. The molecule has 110 valence electrons. The first-order valence-corrected chi connectivity index (χ1v) is 5.95. The molecular formula is C14H12F2N2O3. The molecule has 0 bridgehead atoms. The third kappa shape index (κ3) is 3.65. The standard InChI is InChI=1S/C14H12F2N2O3/c1-20-11-6-2-5-10(12(11)21-14(15)16)13(19)18-9-4-3-7-17-8-9/h2-8,14H,1H3,(H,18,19). The van der Waals surface area contributed by atoms with E-state index in [4.69, 9.17) is 4.74 Å². The molecular weight excluding hydrogens is 282 g/mol. The number of nitrogens with one attached hydrogen (secondary N) is 1. The molecule has 7 heteroatoms. The number of carbonyl (C=O) groups is 1. The molecule has 21 heavy (non-hydrogen) atoms. The molecule has 0 spiro atoms. The van der Waals surface area contributed by atoms with Gasteiger partial charge in [-0.05, 0) is 24.3 Å². The molecule has 0 aliphatic heterocycles. The van der Waals surface area contributed by atoms with Crippen molar-refractivity contribution >= 4 is 11.6 Å². The highest BCUT2D eigenvalue weighted by Crippen LogP contribution is 2.32. The van der Waals surface area contributed by atoms with Crippen LogP contribution in [0.25, 0.3) is 0 Å². The van der Waals surface area contributed by atoms with Gasteiger partial charge in [0, 0.05) is 6.20 Å². The zero-order chi connectivity index (χ0) is 15.2. The van der Waals surface area contributed by atoms with Crippen molar-refractivity contribution in [1.82, 2.24) is 4.98 Å². The predicted molar refractivity (Wildman–Crippen MR) is 71.8 cm³/mol. The molecule has 0 atom stereocenters. The molecule has 1 N–H and O–H groups in total. The highest BCUT2D eigenvalue weighted by molar-refractivity contribution is 6.06. The molecule has 0 aliphatic rings. The first-order valence-electron chi connectivity index (χ1n) is 5.95. The first kappa shape index (κ1) is 14.7. The Labute approximate surface area is 119 Å². The summed E-state index contributed by atoms with van der Waals surface area (Å²) in [6, 6.07) is 7.57. The van der Waals surface area contributed by atoms with E-state index in [1.807, 2.05) is 0 Å². The second-order valence-electron chi connectivity index (χ2n) is 3.91. The highest BCUT2D eigenvalue weighted by atomic mass is 19.3. The van der Waals surface area contributed by atoms with Gasteiger partial charge in [-0.15, -0.1) is 0 Å². The minimum absolute atomic E-state index is 0.0501. The zero-order valence-electron chi connectivity index (χ0n) is 11.0. The fourth-order valence-electron chi connectivity index (χ4n) is 1.70. The molecule has 5 nitrogen and oxygen atoms in total. The lowest BCUT2D eigenvalue weighted by atomic mass is 10.1. The molecule has 0 saturated heterocycles. The summed E-state index contributed by atoms with van der Waals surface area (Å²) < 4.78 is 34.3. The number of pyridine rings is 1. The molecule has 1 amide bonds. The molecule has 2 aromatic rings. The second-order valence-corrected chi connectivity index (χ2v) is 3.91. The topological polar surface area (TPSA) is 60.5 Å². The number of methoxy groups -OCH3 is 1. The van der Waals surface area contributed by atoms with E-state index in [-0.39, 0.29) is 17.1 Å². The maximum Gasteiger partial charge on any atom is 0.387 e. The van der Waals surface area contributed by atoms with Crippen LogP contribution in [0, 0.1) is 0 Å². The average molecular weight is 294 g/mol. The number of hydrogen-bond donors (Lipinski definition) is 1. The number of halogens is 2. The number of alkyl halides is 2. The van der Waals surface area contributed by atoms with E-state index in [0.29, 0.717) is 5.69 Å². The average Bonchev–Trinajstić information content (AvgIpc) is 2.47. The summed E-state index contributed by atoms with van der Waals surface area (Å²) in [5.41, 5.74) is 0.381. The van der Waals surface area contributed by atoms with Gasteiger partial charge in [0.2, 0.25) is 0 Å². The van der Waals surface area contributed by atoms with Crippen molar-refractivity contribution in [3.8, 4) is 11.5 Å². The maximum atomic E-state index is 12.5. The van der Waals surface area contributed by atoms with Crippen LogP contribution in [0.3, 0.4) is 0 Å². The van der Waals surface area contributed by atoms with E-state index in [1.54, 1.807) is 18.3 Å². The van der Waals surface area contributed by atoms with E-state index in [0.717, 1.165) is 0 Å². The van der Waals surface area contributed by atoms with E-state index in [2.05, 4.69) is 15.0 Å². The van der Waals surface area contributed by atoms with Gasteiger partial charge in [0.1, 0.15) is 0 Å². The van der Waals surface area contributed by atoms with E-state index in [9.17, 15) is 13.6 Å². The molecule has 1 aromatic carbocycles. The molecule has 0 aliphatic carbocycles. The van der Waals surface area contributed by atoms with Crippen molar-refractivity contribution < 1.29 is 23.0 Å². The number of nitrogens with zero attached hydrogens (tertiary/aromatic N) is 1. The summed E-state index contributed by atoms with van der Waals surface area (Å²) in [5.74, 6) is -0.858. The Bertz CT molecular complexity index is 621. The number of amides is 1. The Balaban J connectivity index is 2.31. The second kappa shape index (κ2) is 6.65.